The van der Waals surface area contributed by atoms with Gasteiger partial charge in [-0.15, -0.1) is 0 Å². The number of carbonyl (C=O) groups is 2. The molecule has 132 valence electrons. The molecule has 0 amide bonds. The van der Waals surface area contributed by atoms with Crippen LogP contribution in [0.4, 0.5) is 0 Å². The Bertz CT molecular complexity index is 1130. The first-order valence-electron chi connectivity index (χ1n) is 7.33. The molecule has 0 heterocycles. The quantitative estimate of drug-likeness (QED) is 0.661. The molecule has 0 aromatic heterocycles. The molecule has 3 rings (SSSR count). The molecule has 2 N–H and O–H groups in total. The lowest BCUT2D eigenvalue weighted by Gasteiger charge is -2.12. The highest BCUT2D eigenvalue weighted by molar-refractivity contribution is 7.87. The van der Waals surface area contributed by atoms with Gasteiger partial charge in [-0.05, 0) is 23.6 Å². The molecule has 0 fully saturated rings. The summed E-state index contributed by atoms with van der Waals surface area (Å²) in [6, 6.07) is 14.9. The number of aromatic carboxylic acids is 2. The van der Waals surface area contributed by atoms with Gasteiger partial charge in [-0.2, -0.15) is 8.42 Å². The van der Waals surface area contributed by atoms with Crippen LogP contribution in [0.5, 0.6) is 5.75 Å². The third kappa shape index (κ3) is 3.09. The van der Waals surface area contributed by atoms with Crippen LogP contribution in [-0.4, -0.2) is 30.6 Å². The van der Waals surface area contributed by atoms with E-state index < -0.39 is 38.1 Å². The van der Waals surface area contributed by atoms with Crippen LogP contribution in [0.15, 0.2) is 65.6 Å². The van der Waals surface area contributed by atoms with E-state index in [9.17, 15) is 23.1 Å². The normalized spacial score (nSPS) is 11.2. The summed E-state index contributed by atoms with van der Waals surface area (Å²) in [6.45, 7) is 0. The van der Waals surface area contributed by atoms with E-state index in [4.69, 9.17) is 9.29 Å². The number of rotatable bonds is 5. The summed E-state index contributed by atoms with van der Waals surface area (Å²) in [4.78, 5) is 22.0. The second-order valence-electron chi connectivity index (χ2n) is 5.30. The Hall–Kier alpha value is -3.39. The van der Waals surface area contributed by atoms with Crippen molar-refractivity contribution in [3.8, 4) is 5.75 Å². The van der Waals surface area contributed by atoms with E-state index >= 15 is 0 Å². The molecule has 0 aliphatic carbocycles. The summed E-state index contributed by atoms with van der Waals surface area (Å²) < 4.78 is 30.5. The van der Waals surface area contributed by atoms with Gasteiger partial charge >= 0.3 is 22.1 Å². The molecule has 8 heteroatoms. The van der Waals surface area contributed by atoms with Gasteiger partial charge in [0.15, 0.2) is 5.75 Å². The predicted molar refractivity (Wildman–Crippen MR) is 92.1 cm³/mol. The SMILES string of the molecule is O=C(O)c1cccc(S(=O)(=O)Oc2cccc3ccccc23)c1C(=O)O. The van der Waals surface area contributed by atoms with Crippen molar-refractivity contribution in [1.82, 2.24) is 0 Å². The first kappa shape index (κ1) is 17.4. The zero-order valence-corrected chi connectivity index (χ0v) is 13.9. The van der Waals surface area contributed by atoms with Crippen LogP contribution in [0.25, 0.3) is 10.8 Å². The lowest BCUT2D eigenvalue weighted by atomic mass is 10.1. The topological polar surface area (TPSA) is 118 Å². The molecule has 0 bridgehead atoms. The zero-order valence-electron chi connectivity index (χ0n) is 13.1. The molecule has 0 atom stereocenters. The number of fused-ring (bicyclic) bond motifs is 1. The standard InChI is InChI=1S/C18H12O7S/c19-17(20)13-8-4-10-15(16(13)18(21)22)26(23,24)25-14-9-3-6-11-5-1-2-7-12(11)14/h1-10H,(H,19,20)(H,21,22). The molecule has 3 aromatic rings. The highest BCUT2D eigenvalue weighted by Crippen LogP contribution is 2.29. The summed E-state index contributed by atoms with van der Waals surface area (Å²) in [6.07, 6.45) is 0. The van der Waals surface area contributed by atoms with Gasteiger partial charge in [0.05, 0.1) is 11.1 Å². The Kier molecular flexibility index (Phi) is 4.35. The maximum Gasteiger partial charge on any atom is 0.340 e. The van der Waals surface area contributed by atoms with E-state index in [1.807, 2.05) is 0 Å². The van der Waals surface area contributed by atoms with Gasteiger partial charge in [-0.1, -0.05) is 42.5 Å². The van der Waals surface area contributed by atoms with E-state index in [1.165, 1.54) is 6.07 Å². The van der Waals surface area contributed by atoms with Crippen molar-refractivity contribution in [2.24, 2.45) is 0 Å². The number of benzene rings is 3. The van der Waals surface area contributed by atoms with Crippen LogP contribution in [0.2, 0.25) is 0 Å². The zero-order chi connectivity index (χ0) is 18.9. The average Bonchev–Trinajstić information content (AvgIpc) is 2.61. The van der Waals surface area contributed by atoms with E-state index in [1.54, 1.807) is 36.4 Å². The van der Waals surface area contributed by atoms with Gasteiger partial charge in [0, 0.05) is 5.39 Å². The molecule has 0 unspecified atom stereocenters. The van der Waals surface area contributed by atoms with Crippen LogP contribution in [-0.2, 0) is 10.1 Å². The van der Waals surface area contributed by atoms with Crippen molar-refractivity contribution in [3.63, 3.8) is 0 Å². The monoisotopic (exact) mass is 372 g/mol. The largest absolute Gasteiger partial charge is 0.478 e. The third-order valence-electron chi connectivity index (χ3n) is 3.69. The first-order chi connectivity index (χ1) is 12.3. The van der Waals surface area contributed by atoms with Crippen molar-refractivity contribution in [1.29, 1.82) is 0 Å². The number of carboxylic acids is 2. The Morgan fingerprint density at radius 1 is 0.808 bits per heavy atom. The van der Waals surface area contributed by atoms with E-state index in [0.717, 1.165) is 23.6 Å². The molecule has 26 heavy (non-hydrogen) atoms. The minimum atomic E-state index is -4.58. The summed E-state index contributed by atoms with van der Waals surface area (Å²) in [7, 11) is -4.58. The Morgan fingerprint density at radius 3 is 2.15 bits per heavy atom. The molecular formula is C18H12O7S. The van der Waals surface area contributed by atoms with Crippen molar-refractivity contribution in [2.75, 3.05) is 0 Å². The van der Waals surface area contributed by atoms with Crippen LogP contribution in [0.1, 0.15) is 20.7 Å². The summed E-state index contributed by atoms with van der Waals surface area (Å²) in [5.41, 5.74) is -1.49. The third-order valence-corrected chi connectivity index (χ3v) is 4.97. The molecule has 0 aliphatic heterocycles. The predicted octanol–water partition coefficient (Wildman–Crippen LogP) is 3.00. The maximum atomic E-state index is 12.7. The molecule has 7 nitrogen and oxygen atoms in total. The lowest BCUT2D eigenvalue weighted by molar-refractivity contribution is 0.0648. The number of hydrogen-bond donors (Lipinski definition) is 2. The van der Waals surface area contributed by atoms with Crippen molar-refractivity contribution in [2.45, 2.75) is 4.90 Å². The van der Waals surface area contributed by atoms with Gasteiger partial charge in [-0.25, -0.2) is 9.59 Å². The van der Waals surface area contributed by atoms with Crippen LogP contribution in [0, 0.1) is 0 Å². The second kappa shape index (κ2) is 6.49. The second-order valence-corrected chi connectivity index (χ2v) is 6.82. The van der Waals surface area contributed by atoms with E-state index in [-0.39, 0.29) is 5.75 Å². The summed E-state index contributed by atoms with van der Waals surface area (Å²) in [5, 5.41) is 19.7. The van der Waals surface area contributed by atoms with Gasteiger partial charge in [0.2, 0.25) is 0 Å². The van der Waals surface area contributed by atoms with Gasteiger partial charge < -0.3 is 14.4 Å². The van der Waals surface area contributed by atoms with Gasteiger partial charge in [-0.3, -0.25) is 0 Å². The smallest absolute Gasteiger partial charge is 0.340 e. The van der Waals surface area contributed by atoms with Gasteiger partial charge in [0.1, 0.15) is 4.90 Å². The van der Waals surface area contributed by atoms with E-state index in [2.05, 4.69) is 0 Å². The Morgan fingerprint density at radius 2 is 1.46 bits per heavy atom. The highest BCUT2D eigenvalue weighted by Gasteiger charge is 2.29. The molecule has 0 saturated heterocycles. The molecular weight excluding hydrogens is 360 g/mol. The molecule has 3 aromatic carbocycles. The Balaban J connectivity index is 2.16. The van der Waals surface area contributed by atoms with Gasteiger partial charge in [0.25, 0.3) is 0 Å². The summed E-state index contributed by atoms with van der Waals surface area (Å²) in [5.74, 6) is -3.21. The van der Waals surface area contributed by atoms with Crippen molar-refractivity contribution >= 4 is 32.8 Å². The number of hydrogen-bond acceptors (Lipinski definition) is 5. The van der Waals surface area contributed by atoms with Crippen molar-refractivity contribution in [3.05, 3.63) is 71.8 Å². The fourth-order valence-corrected chi connectivity index (χ4v) is 3.73. The summed E-state index contributed by atoms with van der Waals surface area (Å²) >= 11 is 0. The van der Waals surface area contributed by atoms with Crippen LogP contribution in [0.3, 0.4) is 0 Å². The minimum Gasteiger partial charge on any atom is -0.478 e. The molecule has 0 saturated carbocycles. The molecule has 0 spiro atoms. The minimum absolute atomic E-state index is 0.0140. The van der Waals surface area contributed by atoms with E-state index in [0.29, 0.717) is 5.39 Å². The first-order valence-corrected chi connectivity index (χ1v) is 8.74. The van der Waals surface area contributed by atoms with Crippen LogP contribution >= 0.6 is 0 Å². The molecule has 0 aliphatic rings. The Labute approximate surface area is 148 Å². The fraction of sp³-hybridized carbons (Fsp3) is 0. The average molecular weight is 372 g/mol. The maximum absolute atomic E-state index is 12.7. The highest BCUT2D eigenvalue weighted by atomic mass is 32.2. The van der Waals surface area contributed by atoms with Crippen LogP contribution < -0.4 is 4.18 Å². The molecule has 0 radical (unpaired) electrons. The lowest BCUT2D eigenvalue weighted by Crippen LogP contribution is -2.18. The number of carboxylic acid groups (broad SMARTS) is 2. The fourth-order valence-electron chi connectivity index (χ4n) is 2.57. The van der Waals surface area contributed by atoms with Crippen molar-refractivity contribution < 1.29 is 32.4 Å².